The van der Waals surface area contributed by atoms with Gasteiger partial charge in [0.05, 0.1) is 0 Å². The highest BCUT2D eigenvalue weighted by molar-refractivity contribution is 14.1. The molecular weight excluding hydrogens is 339 g/mol. The summed E-state index contributed by atoms with van der Waals surface area (Å²) >= 11 is 2.24. The fourth-order valence-corrected chi connectivity index (χ4v) is 2.65. The molecule has 0 amide bonds. The Kier molecular flexibility index (Phi) is 5.62. The van der Waals surface area contributed by atoms with Crippen molar-refractivity contribution in [3.8, 4) is 0 Å². The van der Waals surface area contributed by atoms with Crippen LogP contribution in [-0.2, 0) is 0 Å². The number of anilines is 1. The van der Waals surface area contributed by atoms with Crippen molar-refractivity contribution >= 4 is 28.5 Å². The van der Waals surface area contributed by atoms with Gasteiger partial charge >= 0.3 is 0 Å². The van der Waals surface area contributed by atoms with Crippen LogP contribution in [0.5, 0.6) is 0 Å². The second-order valence-corrected chi connectivity index (χ2v) is 5.99. The molecule has 2 heterocycles. The number of piperidine rings is 1. The van der Waals surface area contributed by atoms with Crippen LogP contribution in [0.2, 0.25) is 0 Å². The Morgan fingerprint density at radius 2 is 2.17 bits per heavy atom. The van der Waals surface area contributed by atoms with Gasteiger partial charge in [0.15, 0.2) is 0 Å². The minimum Gasteiger partial charge on any atom is -0.337 e. The fraction of sp³-hybridized carbons (Fsp3) is 0.692. The van der Waals surface area contributed by atoms with E-state index in [0.29, 0.717) is 6.04 Å². The Labute approximate surface area is 123 Å². The third kappa shape index (κ3) is 3.78. The van der Waals surface area contributed by atoms with Crippen LogP contribution in [0.1, 0.15) is 32.6 Å². The smallest absolute Gasteiger partial charge is 0.225 e. The van der Waals surface area contributed by atoms with E-state index in [0.717, 1.165) is 29.2 Å². The maximum atomic E-state index is 4.46. The van der Waals surface area contributed by atoms with Gasteiger partial charge in [-0.15, -0.1) is 0 Å². The van der Waals surface area contributed by atoms with Gasteiger partial charge in [-0.3, -0.25) is 0 Å². The Balaban J connectivity index is 2.00. The third-order valence-corrected chi connectivity index (χ3v) is 3.85. The first-order valence-electron chi connectivity index (χ1n) is 6.76. The first kappa shape index (κ1) is 14.0. The Morgan fingerprint density at radius 3 is 2.89 bits per heavy atom. The van der Waals surface area contributed by atoms with Crippen molar-refractivity contribution in [3.05, 3.63) is 16.0 Å². The molecule has 0 bridgehead atoms. The summed E-state index contributed by atoms with van der Waals surface area (Å²) in [7, 11) is 0. The first-order valence-corrected chi connectivity index (χ1v) is 7.84. The van der Waals surface area contributed by atoms with Gasteiger partial charge in [0.1, 0.15) is 0 Å². The van der Waals surface area contributed by atoms with E-state index in [1.165, 1.54) is 25.7 Å². The highest BCUT2D eigenvalue weighted by Gasteiger charge is 2.23. The molecule has 1 aliphatic heterocycles. The first-order chi connectivity index (χ1) is 8.81. The van der Waals surface area contributed by atoms with Crippen LogP contribution in [0.4, 0.5) is 5.95 Å². The van der Waals surface area contributed by atoms with Crippen molar-refractivity contribution in [1.82, 2.24) is 15.3 Å². The topological polar surface area (TPSA) is 41.0 Å². The van der Waals surface area contributed by atoms with Crippen LogP contribution in [0.3, 0.4) is 0 Å². The maximum Gasteiger partial charge on any atom is 0.225 e. The van der Waals surface area contributed by atoms with Crippen molar-refractivity contribution < 1.29 is 0 Å². The molecular formula is C13H21IN4. The molecule has 1 aliphatic rings. The zero-order valence-corrected chi connectivity index (χ0v) is 13.1. The molecule has 5 heteroatoms. The summed E-state index contributed by atoms with van der Waals surface area (Å²) in [4.78, 5) is 11.3. The minimum absolute atomic E-state index is 0.547. The SMILES string of the molecule is CCCNCC1CCCCN1c1ncc(I)cn1. The average Bonchev–Trinajstić information content (AvgIpc) is 2.41. The molecule has 1 fully saturated rings. The molecule has 1 aromatic heterocycles. The number of halogens is 1. The fourth-order valence-electron chi connectivity index (χ4n) is 2.38. The number of hydrogen-bond donors (Lipinski definition) is 1. The molecule has 1 atom stereocenters. The lowest BCUT2D eigenvalue weighted by atomic mass is 10.0. The molecule has 4 nitrogen and oxygen atoms in total. The van der Waals surface area contributed by atoms with E-state index >= 15 is 0 Å². The highest BCUT2D eigenvalue weighted by atomic mass is 127. The molecule has 0 aromatic carbocycles. The normalized spacial score (nSPS) is 20.1. The van der Waals surface area contributed by atoms with Crippen molar-refractivity contribution in [3.63, 3.8) is 0 Å². The molecule has 100 valence electrons. The summed E-state index contributed by atoms with van der Waals surface area (Å²) < 4.78 is 1.09. The summed E-state index contributed by atoms with van der Waals surface area (Å²) in [5.74, 6) is 0.887. The van der Waals surface area contributed by atoms with E-state index in [4.69, 9.17) is 0 Å². The van der Waals surface area contributed by atoms with Gasteiger partial charge in [0, 0.05) is 35.1 Å². The predicted molar refractivity (Wildman–Crippen MR) is 82.9 cm³/mol. The average molecular weight is 360 g/mol. The van der Waals surface area contributed by atoms with Gasteiger partial charge in [0.25, 0.3) is 0 Å². The number of aromatic nitrogens is 2. The van der Waals surface area contributed by atoms with Gasteiger partial charge < -0.3 is 10.2 Å². The summed E-state index contributed by atoms with van der Waals surface area (Å²) in [6.45, 7) is 5.42. The monoisotopic (exact) mass is 360 g/mol. The summed E-state index contributed by atoms with van der Waals surface area (Å²) in [6, 6.07) is 0.547. The van der Waals surface area contributed by atoms with Crippen LogP contribution in [-0.4, -0.2) is 35.6 Å². The second-order valence-electron chi connectivity index (χ2n) is 4.75. The standard InChI is InChI=1S/C13H21IN4/c1-2-6-15-10-12-5-3-4-7-18(12)13-16-8-11(14)9-17-13/h8-9,12,15H,2-7,10H2,1H3. The highest BCUT2D eigenvalue weighted by Crippen LogP contribution is 2.21. The quantitative estimate of drug-likeness (QED) is 0.647. The van der Waals surface area contributed by atoms with Gasteiger partial charge in [-0.1, -0.05) is 6.92 Å². The van der Waals surface area contributed by atoms with Crippen LogP contribution in [0.25, 0.3) is 0 Å². The molecule has 0 spiro atoms. The molecule has 1 saturated heterocycles. The molecule has 18 heavy (non-hydrogen) atoms. The van der Waals surface area contributed by atoms with Crippen LogP contribution in [0.15, 0.2) is 12.4 Å². The second kappa shape index (κ2) is 7.23. The Hall–Kier alpha value is -0.430. The summed E-state index contributed by atoms with van der Waals surface area (Å²) in [6.07, 6.45) is 8.79. The van der Waals surface area contributed by atoms with Gasteiger partial charge in [-0.2, -0.15) is 0 Å². The predicted octanol–water partition coefficient (Wildman–Crippen LogP) is 2.44. The van der Waals surface area contributed by atoms with E-state index in [9.17, 15) is 0 Å². The molecule has 1 unspecified atom stereocenters. The number of nitrogens with one attached hydrogen (secondary N) is 1. The number of nitrogens with zero attached hydrogens (tertiary/aromatic N) is 3. The van der Waals surface area contributed by atoms with E-state index < -0.39 is 0 Å². The largest absolute Gasteiger partial charge is 0.337 e. The lowest BCUT2D eigenvalue weighted by Gasteiger charge is -2.35. The molecule has 1 aromatic rings. The molecule has 0 radical (unpaired) electrons. The molecule has 2 rings (SSSR count). The third-order valence-electron chi connectivity index (χ3n) is 3.30. The van der Waals surface area contributed by atoms with Crippen LogP contribution >= 0.6 is 22.6 Å². The Bertz CT molecular complexity index is 355. The van der Waals surface area contributed by atoms with Gasteiger partial charge in [-0.25, -0.2) is 9.97 Å². The summed E-state index contributed by atoms with van der Waals surface area (Å²) in [5.41, 5.74) is 0. The van der Waals surface area contributed by atoms with Crippen LogP contribution in [0, 0.1) is 3.57 Å². The Morgan fingerprint density at radius 1 is 1.39 bits per heavy atom. The minimum atomic E-state index is 0.547. The van der Waals surface area contributed by atoms with E-state index in [2.05, 4.69) is 49.7 Å². The molecule has 1 N–H and O–H groups in total. The van der Waals surface area contributed by atoms with Gasteiger partial charge in [0.2, 0.25) is 5.95 Å². The van der Waals surface area contributed by atoms with Gasteiger partial charge in [-0.05, 0) is 54.8 Å². The van der Waals surface area contributed by atoms with Crippen LogP contribution < -0.4 is 10.2 Å². The van der Waals surface area contributed by atoms with E-state index in [1.54, 1.807) is 0 Å². The zero-order valence-electron chi connectivity index (χ0n) is 10.9. The van der Waals surface area contributed by atoms with Crippen molar-refractivity contribution in [2.24, 2.45) is 0 Å². The van der Waals surface area contributed by atoms with Crippen molar-refractivity contribution in [1.29, 1.82) is 0 Å². The zero-order chi connectivity index (χ0) is 12.8. The lowest BCUT2D eigenvalue weighted by Crippen LogP contribution is -2.46. The summed E-state index contributed by atoms with van der Waals surface area (Å²) in [5, 5.41) is 3.52. The van der Waals surface area contributed by atoms with Crippen molar-refractivity contribution in [2.45, 2.75) is 38.6 Å². The number of hydrogen-bond acceptors (Lipinski definition) is 4. The van der Waals surface area contributed by atoms with E-state index in [-0.39, 0.29) is 0 Å². The molecule has 0 aliphatic carbocycles. The maximum absolute atomic E-state index is 4.46. The van der Waals surface area contributed by atoms with Crippen molar-refractivity contribution in [2.75, 3.05) is 24.5 Å². The number of rotatable bonds is 5. The lowest BCUT2D eigenvalue weighted by molar-refractivity contribution is 0.430. The molecule has 0 saturated carbocycles. The van der Waals surface area contributed by atoms with E-state index in [1.807, 2.05) is 12.4 Å².